The molecule has 3 nitrogen and oxygen atoms in total. The van der Waals surface area contributed by atoms with Gasteiger partial charge in [-0.15, -0.1) is 0 Å². The molecule has 3 aromatic carbocycles. The van der Waals surface area contributed by atoms with Gasteiger partial charge < -0.3 is 14.8 Å². The molecule has 164 valence electrons. The van der Waals surface area contributed by atoms with E-state index in [1.54, 1.807) is 0 Å². The maximum absolute atomic E-state index is 6.11. The number of rotatable bonds is 6. The van der Waals surface area contributed by atoms with Crippen molar-refractivity contribution < 1.29 is 9.47 Å². The predicted molar refractivity (Wildman–Crippen MR) is 134 cm³/mol. The summed E-state index contributed by atoms with van der Waals surface area (Å²) in [5.41, 5.74) is 4.85. The minimum absolute atomic E-state index is 0.216. The lowest BCUT2D eigenvalue weighted by atomic mass is 9.77. The number of fused-ring (bicyclic) bond motifs is 3. The number of benzene rings is 3. The highest BCUT2D eigenvalue weighted by Gasteiger charge is 2.38. The van der Waals surface area contributed by atoms with Gasteiger partial charge in [0.05, 0.1) is 12.6 Å². The van der Waals surface area contributed by atoms with E-state index in [0.717, 1.165) is 33.0 Å². The number of nitrogens with one attached hydrogen (secondary N) is 1. The van der Waals surface area contributed by atoms with Crippen LogP contribution in [0.3, 0.4) is 0 Å². The lowest BCUT2D eigenvalue weighted by molar-refractivity contribution is 0.268. The van der Waals surface area contributed by atoms with Gasteiger partial charge in [0.2, 0.25) is 0 Å². The molecule has 3 aromatic rings. The number of anilines is 1. The fourth-order valence-corrected chi connectivity index (χ4v) is 5.25. The van der Waals surface area contributed by atoms with Crippen molar-refractivity contribution in [3.63, 3.8) is 0 Å². The molecule has 0 saturated carbocycles. The van der Waals surface area contributed by atoms with E-state index >= 15 is 0 Å². The smallest absolute Gasteiger partial charge is 0.161 e. The minimum Gasteiger partial charge on any atom is -0.490 e. The summed E-state index contributed by atoms with van der Waals surface area (Å²) >= 11 is 9.62. The van der Waals surface area contributed by atoms with Gasteiger partial charge >= 0.3 is 0 Å². The van der Waals surface area contributed by atoms with Crippen molar-refractivity contribution in [3.8, 4) is 11.5 Å². The van der Waals surface area contributed by atoms with Crippen molar-refractivity contribution in [2.75, 3.05) is 11.9 Å². The molecule has 1 aliphatic carbocycles. The number of hydrogen-bond donors (Lipinski definition) is 1. The standard InChI is InChI=1S/C27H25BrClNO2/c1-2-31-26-14-18(8-13-25(26)32-16-17-6-10-20(29)11-7-17)27-22-5-3-4-21(22)23-15-19(28)9-12-24(23)30-27/h3-4,6-15,21-22,27,30H,2,5,16H2,1H3/t21-,22+,27+/m1/s1. The van der Waals surface area contributed by atoms with Crippen LogP contribution in [0.1, 0.15) is 42.0 Å². The molecule has 1 heterocycles. The topological polar surface area (TPSA) is 30.5 Å². The Kier molecular flexibility index (Phi) is 6.16. The van der Waals surface area contributed by atoms with E-state index in [1.807, 2.05) is 37.3 Å². The molecule has 0 amide bonds. The van der Waals surface area contributed by atoms with Crippen LogP contribution in [-0.4, -0.2) is 6.61 Å². The molecule has 1 aliphatic heterocycles. The van der Waals surface area contributed by atoms with E-state index in [0.29, 0.717) is 25.0 Å². The molecule has 5 heteroatoms. The zero-order valence-electron chi connectivity index (χ0n) is 17.9. The molecule has 32 heavy (non-hydrogen) atoms. The molecule has 1 N–H and O–H groups in total. The fraction of sp³-hybridized carbons (Fsp3) is 0.259. The molecule has 0 aromatic heterocycles. The van der Waals surface area contributed by atoms with E-state index < -0.39 is 0 Å². The van der Waals surface area contributed by atoms with Gasteiger partial charge in [0, 0.05) is 21.1 Å². The molecular weight excluding hydrogens is 486 g/mol. The Bertz CT molecular complexity index is 1140. The van der Waals surface area contributed by atoms with Crippen molar-refractivity contribution in [1.29, 1.82) is 0 Å². The Labute approximate surface area is 202 Å². The van der Waals surface area contributed by atoms with Gasteiger partial charge in [0.25, 0.3) is 0 Å². The van der Waals surface area contributed by atoms with E-state index in [4.69, 9.17) is 21.1 Å². The molecule has 5 rings (SSSR count). The van der Waals surface area contributed by atoms with Gasteiger partial charge in [-0.25, -0.2) is 0 Å². The van der Waals surface area contributed by atoms with Gasteiger partial charge in [-0.2, -0.15) is 0 Å². The van der Waals surface area contributed by atoms with Crippen LogP contribution in [0.4, 0.5) is 5.69 Å². The Morgan fingerprint density at radius 3 is 2.66 bits per heavy atom. The summed E-state index contributed by atoms with van der Waals surface area (Å²) in [5.74, 6) is 2.44. The lowest BCUT2D eigenvalue weighted by Gasteiger charge is -2.37. The van der Waals surface area contributed by atoms with E-state index in [-0.39, 0.29) is 6.04 Å². The van der Waals surface area contributed by atoms with Crippen molar-refractivity contribution in [2.45, 2.75) is 31.9 Å². The number of hydrogen-bond acceptors (Lipinski definition) is 3. The molecule has 0 bridgehead atoms. The van der Waals surface area contributed by atoms with Gasteiger partial charge in [-0.3, -0.25) is 0 Å². The first-order valence-electron chi connectivity index (χ1n) is 11.0. The average molecular weight is 511 g/mol. The van der Waals surface area contributed by atoms with E-state index in [1.165, 1.54) is 16.8 Å². The zero-order chi connectivity index (χ0) is 22.1. The first-order valence-corrected chi connectivity index (χ1v) is 12.2. The van der Waals surface area contributed by atoms with Gasteiger partial charge in [0.15, 0.2) is 11.5 Å². The third-order valence-electron chi connectivity index (χ3n) is 6.26. The van der Waals surface area contributed by atoms with Crippen LogP contribution < -0.4 is 14.8 Å². The number of halogens is 2. The average Bonchev–Trinajstić information content (AvgIpc) is 3.29. The summed E-state index contributed by atoms with van der Waals surface area (Å²) in [6, 6.07) is 20.8. The predicted octanol–water partition coefficient (Wildman–Crippen LogP) is 7.91. The monoisotopic (exact) mass is 509 g/mol. The second-order valence-electron chi connectivity index (χ2n) is 8.26. The summed E-state index contributed by atoms with van der Waals surface area (Å²) in [5, 5.41) is 4.52. The van der Waals surface area contributed by atoms with Gasteiger partial charge in [0.1, 0.15) is 6.61 Å². The first-order chi connectivity index (χ1) is 15.6. The molecule has 0 fully saturated rings. The molecule has 0 spiro atoms. The Morgan fingerprint density at radius 2 is 1.84 bits per heavy atom. The molecule has 0 unspecified atom stereocenters. The normalized spacial score (nSPS) is 20.9. The third-order valence-corrected chi connectivity index (χ3v) is 7.00. The molecule has 0 saturated heterocycles. The zero-order valence-corrected chi connectivity index (χ0v) is 20.2. The Balaban J connectivity index is 1.41. The SMILES string of the molecule is CCOc1cc([C@@H]2Nc3ccc(Br)cc3[C@@H]3C=CC[C@@H]32)ccc1OCc1ccc(Cl)cc1. The summed E-state index contributed by atoms with van der Waals surface area (Å²) in [6.07, 6.45) is 5.73. The highest BCUT2D eigenvalue weighted by molar-refractivity contribution is 9.10. The fourth-order valence-electron chi connectivity index (χ4n) is 4.74. The number of allylic oxidation sites excluding steroid dienone is 2. The second-order valence-corrected chi connectivity index (χ2v) is 9.61. The van der Waals surface area contributed by atoms with E-state index in [2.05, 4.69) is 63.7 Å². The minimum atomic E-state index is 0.216. The Hall–Kier alpha value is -2.43. The van der Waals surface area contributed by atoms with Crippen LogP contribution >= 0.6 is 27.5 Å². The van der Waals surface area contributed by atoms with Crippen LogP contribution in [0.25, 0.3) is 0 Å². The molecule has 3 atom stereocenters. The molecule has 0 radical (unpaired) electrons. The van der Waals surface area contributed by atoms with Crippen LogP contribution in [0.5, 0.6) is 11.5 Å². The summed E-state index contributed by atoms with van der Waals surface area (Å²) in [7, 11) is 0. The van der Waals surface area contributed by atoms with Gasteiger partial charge in [-0.05, 0) is 78.4 Å². The van der Waals surface area contributed by atoms with Crippen molar-refractivity contribution >= 4 is 33.2 Å². The maximum atomic E-state index is 6.11. The number of ether oxygens (including phenoxy) is 2. The molecular formula is C27H25BrClNO2. The molecule has 2 aliphatic rings. The van der Waals surface area contributed by atoms with Crippen LogP contribution in [0, 0.1) is 5.92 Å². The Morgan fingerprint density at radius 1 is 1.00 bits per heavy atom. The summed E-state index contributed by atoms with van der Waals surface area (Å²) in [6.45, 7) is 3.05. The quantitative estimate of drug-likeness (QED) is 0.342. The summed E-state index contributed by atoms with van der Waals surface area (Å²) in [4.78, 5) is 0. The van der Waals surface area contributed by atoms with Crippen molar-refractivity contribution in [3.05, 3.63) is 99.0 Å². The lowest BCUT2D eigenvalue weighted by Crippen LogP contribution is -2.29. The van der Waals surface area contributed by atoms with Crippen molar-refractivity contribution in [1.82, 2.24) is 0 Å². The third kappa shape index (κ3) is 4.26. The highest BCUT2D eigenvalue weighted by Crippen LogP contribution is 2.51. The summed E-state index contributed by atoms with van der Waals surface area (Å²) < 4.78 is 13.2. The second kappa shape index (κ2) is 9.21. The van der Waals surface area contributed by atoms with E-state index in [9.17, 15) is 0 Å². The first kappa shape index (κ1) is 21.4. The van der Waals surface area contributed by atoms with Gasteiger partial charge in [-0.1, -0.05) is 57.9 Å². The van der Waals surface area contributed by atoms with Crippen LogP contribution in [0.2, 0.25) is 5.02 Å². The van der Waals surface area contributed by atoms with Crippen LogP contribution in [-0.2, 0) is 6.61 Å². The van der Waals surface area contributed by atoms with Crippen molar-refractivity contribution in [2.24, 2.45) is 5.92 Å². The maximum Gasteiger partial charge on any atom is 0.161 e. The largest absolute Gasteiger partial charge is 0.490 e. The highest BCUT2D eigenvalue weighted by atomic mass is 79.9. The van der Waals surface area contributed by atoms with Crippen LogP contribution in [0.15, 0.2) is 77.3 Å².